The van der Waals surface area contributed by atoms with Crippen molar-refractivity contribution >= 4 is 17.6 Å². The molecule has 3 nitrogen and oxygen atoms in total. The molecule has 2 rings (SSSR count). The summed E-state index contributed by atoms with van der Waals surface area (Å²) in [5.74, 6) is -0.842. The minimum absolute atomic E-state index is 0.0257. The maximum absolute atomic E-state index is 10.9. The van der Waals surface area contributed by atoms with Crippen LogP contribution in [0.2, 0.25) is 0 Å². The van der Waals surface area contributed by atoms with Gasteiger partial charge in [-0.05, 0) is 43.5 Å². The maximum Gasteiger partial charge on any atom is 0.306 e. The van der Waals surface area contributed by atoms with Gasteiger partial charge >= 0.3 is 5.97 Å². The molecule has 0 amide bonds. The Morgan fingerprint density at radius 2 is 1.95 bits per heavy atom. The van der Waals surface area contributed by atoms with Crippen molar-refractivity contribution in [3.8, 4) is 0 Å². The van der Waals surface area contributed by atoms with E-state index in [1.807, 2.05) is 0 Å². The molecule has 1 atom stereocenters. The zero-order valence-electron chi connectivity index (χ0n) is 11.9. The van der Waals surface area contributed by atoms with Crippen molar-refractivity contribution in [2.45, 2.75) is 31.6 Å². The van der Waals surface area contributed by atoms with Crippen LogP contribution in [-0.2, 0) is 11.2 Å². The molecular formula is C16H22ClNO2. The van der Waals surface area contributed by atoms with Crippen LogP contribution in [0.1, 0.15) is 36.3 Å². The lowest BCUT2D eigenvalue weighted by atomic mass is 9.97. The summed E-state index contributed by atoms with van der Waals surface area (Å²) in [6.07, 6.45) is 2.50. The summed E-state index contributed by atoms with van der Waals surface area (Å²) in [5, 5.41) is 8.96. The number of carboxylic acids is 1. The number of carboxylic acid groups (broad SMARTS) is 1. The second kappa shape index (κ2) is 7.09. The number of nitrogens with zero attached hydrogens (tertiary/aromatic N) is 1. The number of rotatable bonds is 5. The third kappa shape index (κ3) is 3.97. The Labute approximate surface area is 125 Å². The molecule has 0 saturated carbocycles. The lowest BCUT2D eigenvalue weighted by Gasteiger charge is -2.31. The first kappa shape index (κ1) is 15.3. The molecule has 0 aliphatic carbocycles. The highest BCUT2D eigenvalue weighted by atomic mass is 35.5. The summed E-state index contributed by atoms with van der Waals surface area (Å²) in [4.78, 5) is 13.2. The molecule has 20 heavy (non-hydrogen) atoms. The van der Waals surface area contributed by atoms with Crippen LogP contribution in [0.5, 0.6) is 0 Å². The van der Waals surface area contributed by atoms with Crippen LogP contribution in [0.3, 0.4) is 0 Å². The van der Waals surface area contributed by atoms with Crippen molar-refractivity contribution in [1.82, 2.24) is 4.90 Å². The van der Waals surface area contributed by atoms with Gasteiger partial charge in [-0.2, -0.15) is 0 Å². The molecule has 1 heterocycles. The van der Waals surface area contributed by atoms with E-state index in [0.717, 1.165) is 44.5 Å². The molecular weight excluding hydrogens is 274 g/mol. The summed E-state index contributed by atoms with van der Waals surface area (Å²) in [7, 11) is 0. The first-order valence-electron chi connectivity index (χ1n) is 7.28. The van der Waals surface area contributed by atoms with Crippen LogP contribution < -0.4 is 0 Å². The number of alkyl halides is 1. The Balaban J connectivity index is 1.85. The molecule has 0 spiro atoms. The minimum Gasteiger partial charge on any atom is -0.481 e. The monoisotopic (exact) mass is 295 g/mol. The molecule has 1 aliphatic rings. The minimum atomic E-state index is -0.665. The van der Waals surface area contributed by atoms with E-state index in [9.17, 15) is 4.79 Å². The maximum atomic E-state index is 10.9. The third-order valence-corrected chi connectivity index (χ3v) is 4.49. The van der Waals surface area contributed by atoms with Crippen LogP contribution in [0.15, 0.2) is 24.3 Å². The van der Waals surface area contributed by atoms with Gasteiger partial charge in [-0.1, -0.05) is 31.2 Å². The van der Waals surface area contributed by atoms with Gasteiger partial charge in [0.2, 0.25) is 0 Å². The highest BCUT2D eigenvalue weighted by Crippen LogP contribution is 2.25. The molecule has 1 aliphatic heterocycles. The van der Waals surface area contributed by atoms with Gasteiger partial charge in [0.15, 0.2) is 0 Å². The number of halogens is 1. The first-order valence-corrected chi connectivity index (χ1v) is 7.72. The van der Waals surface area contributed by atoms with Gasteiger partial charge in [-0.3, -0.25) is 4.79 Å². The topological polar surface area (TPSA) is 40.5 Å². The van der Waals surface area contributed by atoms with Gasteiger partial charge in [-0.25, -0.2) is 0 Å². The van der Waals surface area contributed by atoms with Gasteiger partial charge in [-0.15, -0.1) is 11.6 Å². The number of benzene rings is 1. The molecule has 1 aromatic rings. The van der Waals surface area contributed by atoms with Crippen LogP contribution in [0.25, 0.3) is 0 Å². The van der Waals surface area contributed by atoms with E-state index >= 15 is 0 Å². The molecule has 0 radical (unpaired) electrons. The number of hydrogen-bond donors (Lipinski definition) is 1. The average Bonchev–Trinajstić information content (AvgIpc) is 2.48. The number of aliphatic carboxylic acids is 1. The van der Waals surface area contributed by atoms with Gasteiger partial charge in [0.05, 0.1) is 11.3 Å². The average molecular weight is 296 g/mol. The number of aryl methyl sites for hydroxylation is 1. The summed E-state index contributed by atoms with van der Waals surface area (Å²) in [5.41, 5.74) is 2.46. The Bertz CT molecular complexity index is 438. The highest BCUT2D eigenvalue weighted by Gasteiger charge is 2.25. The van der Waals surface area contributed by atoms with E-state index < -0.39 is 5.97 Å². The number of piperidine rings is 1. The molecule has 1 saturated heterocycles. The van der Waals surface area contributed by atoms with Crippen molar-refractivity contribution in [2.75, 3.05) is 19.6 Å². The Kier molecular flexibility index (Phi) is 5.44. The van der Waals surface area contributed by atoms with E-state index in [0.29, 0.717) is 0 Å². The fourth-order valence-electron chi connectivity index (χ4n) is 2.66. The van der Waals surface area contributed by atoms with E-state index in [1.54, 1.807) is 0 Å². The fraction of sp³-hybridized carbons (Fsp3) is 0.562. The quantitative estimate of drug-likeness (QED) is 0.847. The standard InChI is InChI=1S/C16H22ClNO2/c1-2-12-3-5-13(6-4-12)15(17)11-18-9-7-14(8-10-18)16(19)20/h3-6,14-15H,2,7-11H2,1H3,(H,19,20). The molecule has 1 N–H and O–H groups in total. The molecule has 0 aromatic heterocycles. The Morgan fingerprint density at radius 1 is 1.35 bits per heavy atom. The summed E-state index contributed by atoms with van der Waals surface area (Å²) in [6.45, 7) is 4.58. The number of likely N-dealkylation sites (tertiary alicyclic amines) is 1. The van der Waals surface area contributed by atoms with Crippen molar-refractivity contribution in [1.29, 1.82) is 0 Å². The van der Waals surface area contributed by atoms with Crippen molar-refractivity contribution in [3.05, 3.63) is 35.4 Å². The second-order valence-electron chi connectivity index (χ2n) is 5.48. The van der Waals surface area contributed by atoms with Crippen LogP contribution in [-0.4, -0.2) is 35.6 Å². The van der Waals surface area contributed by atoms with E-state index in [4.69, 9.17) is 16.7 Å². The zero-order chi connectivity index (χ0) is 14.5. The number of hydrogen-bond acceptors (Lipinski definition) is 2. The second-order valence-corrected chi connectivity index (χ2v) is 6.00. The molecule has 1 unspecified atom stereocenters. The SMILES string of the molecule is CCc1ccc(C(Cl)CN2CCC(C(=O)O)CC2)cc1. The molecule has 1 fully saturated rings. The Hall–Kier alpha value is -1.06. The van der Waals surface area contributed by atoms with Gasteiger partial charge in [0, 0.05) is 6.54 Å². The van der Waals surface area contributed by atoms with Crippen LogP contribution in [0, 0.1) is 5.92 Å². The first-order chi connectivity index (χ1) is 9.60. The fourth-order valence-corrected chi connectivity index (χ4v) is 3.00. The Morgan fingerprint density at radius 3 is 2.45 bits per heavy atom. The van der Waals surface area contributed by atoms with Gasteiger partial charge in [0.1, 0.15) is 0 Å². The highest BCUT2D eigenvalue weighted by molar-refractivity contribution is 6.21. The van der Waals surface area contributed by atoms with Crippen molar-refractivity contribution < 1.29 is 9.90 Å². The molecule has 1 aromatic carbocycles. The smallest absolute Gasteiger partial charge is 0.306 e. The van der Waals surface area contributed by atoms with Crippen LogP contribution >= 0.6 is 11.6 Å². The van der Waals surface area contributed by atoms with E-state index in [-0.39, 0.29) is 11.3 Å². The summed E-state index contributed by atoms with van der Waals surface area (Å²) in [6, 6.07) is 8.45. The summed E-state index contributed by atoms with van der Waals surface area (Å²) < 4.78 is 0. The van der Waals surface area contributed by atoms with E-state index in [1.165, 1.54) is 5.56 Å². The molecule has 4 heteroatoms. The normalized spacial score (nSPS) is 18.9. The van der Waals surface area contributed by atoms with Gasteiger partial charge < -0.3 is 10.0 Å². The van der Waals surface area contributed by atoms with E-state index in [2.05, 4.69) is 36.1 Å². The zero-order valence-corrected chi connectivity index (χ0v) is 12.6. The lowest BCUT2D eigenvalue weighted by molar-refractivity contribution is -0.143. The van der Waals surface area contributed by atoms with Crippen molar-refractivity contribution in [3.63, 3.8) is 0 Å². The largest absolute Gasteiger partial charge is 0.481 e. The van der Waals surface area contributed by atoms with Crippen LogP contribution in [0.4, 0.5) is 0 Å². The summed E-state index contributed by atoms with van der Waals surface area (Å²) >= 11 is 6.48. The number of carbonyl (C=O) groups is 1. The molecule has 0 bridgehead atoms. The molecule has 110 valence electrons. The lowest BCUT2D eigenvalue weighted by Crippen LogP contribution is -2.37. The predicted molar refractivity (Wildman–Crippen MR) is 81.2 cm³/mol. The predicted octanol–water partition coefficient (Wildman–Crippen LogP) is 3.33. The third-order valence-electron chi connectivity index (χ3n) is 4.10. The van der Waals surface area contributed by atoms with Gasteiger partial charge in [0.25, 0.3) is 0 Å². The van der Waals surface area contributed by atoms with Crippen molar-refractivity contribution in [2.24, 2.45) is 5.92 Å².